The minimum atomic E-state index is -0.673. The van der Waals surface area contributed by atoms with Crippen LogP contribution in [0.15, 0.2) is 49.2 Å². The maximum absolute atomic E-state index is 15.7. The predicted octanol–water partition coefficient (Wildman–Crippen LogP) is 8.58. The van der Waals surface area contributed by atoms with E-state index in [1.54, 1.807) is 18.3 Å². The third kappa shape index (κ3) is 4.80. The first-order chi connectivity index (χ1) is 14.9. The lowest BCUT2D eigenvalue weighted by molar-refractivity contribution is 0.467. The average molecular weight is 442 g/mol. The average Bonchev–Trinajstić information content (AvgIpc) is 2.75. The van der Waals surface area contributed by atoms with Crippen molar-refractivity contribution in [1.29, 1.82) is 0 Å². The Kier molecular flexibility index (Phi) is 7.45. The first kappa shape index (κ1) is 23.0. The minimum absolute atomic E-state index is 0.115. The molecule has 1 aromatic heterocycles. The van der Waals surface area contributed by atoms with Gasteiger partial charge in [0.05, 0.1) is 10.7 Å². The normalized spacial score (nSPS) is 11.1. The second-order valence-corrected chi connectivity index (χ2v) is 8.06. The van der Waals surface area contributed by atoms with Crippen molar-refractivity contribution in [3.8, 4) is 22.6 Å². The zero-order valence-electron chi connectivity index (χ0n) is 18.0. The molecule has 2 aromatic carbocycles. The number of unbranched alkanes of at least 4 members (excludes halogenated alkanes) is 1. The molecule has 0 saturated heterocycles. The molecule has 0 unspecified atom stereocenters. The van der Waals surface area contributed by atoms with E-state index >= 15 is 4.39 Å². The topological polar surface area (TPSA) is 22.1 Å². The Morgan fingerprint density at radius 1 is 1.16 bits per heavy atom. The molecule has 2 nitrogen and oxygen atoms in total. The molecular formula is C26H26ClF2NO. The molecule has 1 heterocycles. The summed E-state index contributed by atoms with van der Waals surface area (Å²) in [7, 11) is 0. The van der Waals surface area contributed by atoms with Crippen LogP contribution in [-0.4, -0.2) is 4.98 Å². The highest BCUT2D eigenvalue weighted by Crippen LogP contribution is 2.46. The Morgan fingerprint density at radius 3 is 2.48 bits per heavy atom. The van der Waals surface area contributed by atoms with Crippen LogP contribution in [0.5, 0.6) is 11.5 Å². The van der Waals surface area contributed by atoms with Crippen LogP contribution in [0.1, 0.15) is 56.4 Å². The number of halogens is 3. The Balaban J connectivity index is 2.31. The van der Waals surface area contributed by atoms with Crippen LogP contribution in [0.4, 0.5) is 8.78 Å². The Morgan fingerprint density at radius 2 is 1.87 bits per heavy atom. The molecule has 0 saturated carbocycles. The number of pyridine rings is 1. The molecule has 0 aliphatic heterocycles. The lowest BCUT2D eigenvalue weighted by Crippen LogP contribution is -2.06. The molecule has 0 aliphatic rings. The molecule has 0 N–H and O–H groups in total. The molecule has 31 heavy (non-hydrogen) atoms. The Hall–Kier alpha value is -2.72. The summed E-state index contributed by atoms with van der Waals surface area (Å²) in [4.78, 5) is 4.28. The summed E-state index contributed by atoms with van der Waals surface area (Å²) in [5, 5.41) is -0.140. The predicted molar refractivity (Wildman–Crippen MR) is 124 cm³/mol. The van der Waals surface area contributed by atoms with E-state index in [0.29, 0.717) is 34.7 Å². The summed E-state index contributed by atoms with van der Waals surface area (Å²) in [5.41, 5.74) is 1.92. The second kappa shape index (κ2) is 10.1. The number of aromatic nitrogens is 1. The SMILES string of the molecule is C=Cc1cnc(CCCC)c(F)c1-c1c(Cl)c(F)cc(Oc2ccccc2)c1C(C)C. The summed E-state index contributed by atoms with van der Waals surface area (Å²) in [6.45, 7) is 9.70. The molecule has 3 rings (SSSR count). The van der Waals surface area contributed by atoms with Gasteiger partial charge in [-0.25, -0.2) is 8.78 Å². The fraction of sp³-hybridized carbons (Fsp3) is 0.269. The number of nitrogens with zero attached hydrogens (tertiary/aromatic N) is 1. The van der Waals surface area contributed by atoms with Crippen molar-refractivity contribution in [2.24, 2.45) is 0 Å². The fourth-order valence-electron chi connectivity index (χ4n) is 3.60. The van der Waals surface area contributed by atoms with Gasteiger partial charge in [0.15, 0.2) is 5.82 Å². The maximum Gasteiger partial charge on any atom is 0.153 e. The van der Waals surface area contributed by atoms with Crippen molar-refractivity contribution < 1.29 is 13.5 Å². The molecule has 5 heteroatoms. The van der Waals surface area contributed by atoms with E-state index in [1.165, 1.54) is 12.1 Å². The van der Waals surface area contributed by atoms with Gasteiger partial charge >= 0.3 is 0 Å². The highest BCUT2D eigenvalue weighted by Gasteiger charge is 2.27. The van der Waals surface area contributed by atoms with Crippen LogP contribution in [0.3, 0.4) is 0 Å². The summed E-state index contributed by atoms with van der Waals surface area (Å²) in [5.74, 6) is -0.422. The molecule has 0 amide bonds. The fourth-order valence-corrected chi connectivity index (χ4v) is 3.85. The zero-order valence-corrected chi connectivity index (χ0v) is 18.8. The van der Waals surface area contributed by atoms with Crippen LogP contribution in [0.25, 0.3) is 17.2 Å². The molecule has 0 atom stereocenters. The van der Waals surface area contributed by atoms with E-state index in [2.05, 4.69) is 11.6 Å². The van der Waals surface area contributed by atoms with E-state index in [0.717, 1.165) is 12.8 Å². The van der Waals surface area contributed by atoms with Crippen molar-refractivity contribution in [2.45, 2.75) is 46.0 Å². The van der Waals surface area contributed by atoms with E-state index in [4.69, 9.17) is 16.3 Å². The van der Waals surface area contributed by atoms with Gasteiger partial charge in [-0.2, -0.15) is 0 Å². The first-order valence-corrected chi connectivity index (χ1v) is 10.8. The summed E-state index contributed by atoms with van der Waals surface area (Å²) in [6, 6.07) is 10.3. The standard InChI is InChI=1S/C26H26ClF2NO/c1-5-7-13-20-26(29)23(17(6-2)15-30-20)24-22(16(3)4)21(14-19(28)25(24)27)31-18-11-9-8-10-12-18/h6,8-12,14-16H,2,5,7,13H2,1,3-4H3. The zero-order chi connectivity index (χ0) is 22.5. The van der Waals surface area contributed by atoms with Crippen molar-refractivity contribution in [2.75, 3.05) is 0 Å². The van der Waals surface area contributed by atoms with Gasteiger partial charge in [-0.1, -0.05) is 69.6 Å². The van der Waals surface area contributed by atoms with Crippen molar-refractivity contribution in [1.82, 2.24) is 4.98 Å². The van der Waals surface area contributed by atoms with Gasteiger partial charge in [0.25, 0.3) is 0 Å². The summed E-state index contributed by atoms with van der Waals surface area (Å²) < 4.78 is 36.7. The highest BCUT2D eigenvalue weighted by atomic mass is 35.5. The molecule has 162 valence electrons. The first-order valence-electron chi connectivity index (χ1n) is 10.4. The van der Waals surface area contributed by atoms with Crippen molar-refractivity contribution in [3.63, 3.8) is 0 Å². The number of benzene rings is 2. The number of rotatable bonds is 8. The van der Waals surface area contributed by atoms with Crippen LogP contribution >= 0.6 is 11.6 Å². The second-order valence-electron chi connectivity index (χ2n) is 7.69. The van der Waals surface area contributed by atoms with Crippen molar-refractivity contribution >= 4 is 17.7 Å². The van der Waals surface area contributed by atoms with E-state index in [-0.39, 0.29) is 22.1 Å². The number of hydrogen-bond acceptors (Lipinski definition) is 2. The number of para-hydroxylation sites is 1. The van der Waals surface area contributed by atoms with E-state index < -0.39 is 11.6 Å². The van der Waals surface area contributed by atoms with E-state index in [1.807, 2.05) is 39.0 Å². The monoisotopic (exact) mass is 441 g/mol. The molecule has 0 radical (unpaired) electrons. The van der Waals surface area contributed by atoms with Crippen molar-refractivity contribution in [3.05, 3.63) is 82.7 Å². The van der Waals surface area contributed by atoms with Gasteiger partial charge in [0.2, 0.25) is 0 Å². The quantitative estimate of drug-likeness (QED) is 0.349. The smallest absolute Gasteiger partial charge is 0.153 e. The molecule has 0 bridgehead atoms. The largest absolute Gasteiger partial charge is 0.457 e. The third-order valence-corrected chi connectivity index (χ3v) is 5.50. The van der Waals surface area contributed by atoms with Gasteiger partial charge in [-0.05, 0) is 30.9 Å². The minimum Gasteiger partial charge on any atom is -0.457 e. The molecule has 0 aliphatic carbocycles. The van der Waals surface area contributed by atoms with Gasteiger partial charge < -0.3 is 4.74 Å². The van der Waals surface area contributed by atoms with Gasteiger partial charge in [-0.15, -0.1) is 0 Å². The van der Waals surface area contributed by atoms with Gasteiger partial charge in [0.1, 0.15) is 17.3 Å². The lowest BCUT2D eigenvalue weighted by Gasteiger charge is -2.22. The van der Waals surface area contributed by atoms with Gasteiger partial charge in [0, 0.05) is 34.5 Å². The van der Waals surface area contributed by atoms with Crippen LogP contribution in [-0.2, 0) is 6.42 Å². The van der Waals surface area contributed by atoms with Crippen LogP contribution < -0.4 is 4.74 Å². The van der Waals surface area contributed by atoms with Crippen LogP contribution in [0, 0.1) is 11.6 Å². The number of hydrogen-bond donors (Lipinski definition) is 0. The Bertz CT molecular complexity index is 1080. The highest BCUT2D eigenvalue weighted by molar-refractivity contribution is 6.34. The molecular weight excluding hydrogens is 416 g/mol. The van der Waals surface area contributed by atoms with E-state index in [9.17, 15) is 4.39 Å². The molecule has 0 fully saturated rings. The van der Waals surface area contributed by atoms with Gasteiger partial charge in [-0.3, -0.25) is 4.98 Å². The Labute approximate surface area is 187 Å². The summed E-state index contributed by atoms with van der Waals surface area (Å²) in [6.07, 6.45) is 5.28. The summed E-state index contributed by atoms with van der Waals surface area (Å²) >= 11 is 6.46. The number of aryl methyl sites for hydroxylation is 1. The van der Waals surface area contributed by atoms with Crippen LogP contribution in [0.2, 0.25) is 5.02 Å². The molecule has 3 aromatic rings. The molecule has 0 spiro atoms. The number of ether oxygens (including phenoxy) is 1. The third-order valence-electron chi connectivity index (χ3n) is 5.13. The lowest BCUT2D eigenvalue weighted by atomic mass is 9.88. The maximum atomic E-state index is 15.7.